The zero-order valence-electron chi connectivity index (χ0n) is 11.2. The molecule has 0 atom stereocenters. The van der Waals surface area contributed by atoms with Crippen LogP contribution in [0.5, 0.6) is 0 Å². The molecule has 0 aromatic heterocycles. The molecule has 0 saturated heterocycles. The first-order valence-electron chi connectivity index (χ1n) is 6.32. The Bertz CT molecular complexity index is 134. The van der Waals surface area contributed by atoms with Gasteiger partial charge in [0.25, 0.3) is 0 Å². The van der Waals surface area contributed by atoms with E-state index in [1.807, 2.05) is 0 Å². The Morgan fingerprint density at radius 3 is 2.00 bits per heavy atom. The molecule has 0 unspecified atom stereocenters. The number of methoxy groups -OCH3 is 1. The molecule has 5 nitrogen and oxygen atoms in total. The lowest BCUT2D eigenvalue weighted by atomic mass is 10.4. The fraction of sp³-hybridized carbons (Fsp3) is 1.00. The highest BCUT2D eigenvalue weighted by Gasteiger charge is 2.04. The summed E-state index contributed by atoms with van der Waals surface area (Å²) in [5.74, 6) is 0. The lowest BCUT2D eigenvalue weighted by Gasteiger charge is -2.21. The highest BCUT2D eigenvalue weighted by molar-refractivity contribution is 4.56. The van der Waals surface area contributed by atoms with Crippen LogP contribution in [0.4, 0.5) is 0 Å². The van der Waals surface area contributed by atoms with E-state index >= 15 is 0 Å². The third-order valence-electron chi connectivity index (χ3n) is 2.30. The summed E-state index contributed by atoms with van der Waals surface area (Å²) in [4.78, 5) is 2.25. The van der Waals surface area contributed by atoms with Crippen molar-refractivity contribution in [2.75, 3.05) is 66.4 Å². The van der Waals surface area contributed by atoms with Gasteiger partial charge in [0.15, 0.2) is 0 Å². The van der Waals surface area contributed by atoms with Crippen molar-refractivity contribution >= 4 is 0 Å². The van der Waals surface area contributed by atoms with Crippen LogP contribution in [-0.4, -0.2) is 76.4 Å². The third kappa shape index (κ3) is 12.1. The van der Waals surface area contributed by atoms with Crippen LogP contribution in [0.2, 0.25) is 0 Å². The standard InChI is InChI=1S/C12H27NO4/c1-3-8-16-10-5-13(4-9-15-2)6-11-17-12-7-14/h14H,3-12H2,1-2H3. The van der Waals surface area contributed by atoms with E-state index in [-0.39, 0.29) is 6.61 Å². The van der Waals surface area contributed by atoms with Gasteiger partial charge in [0.2, 0.25) is 0 Å². The maximum Gasteiger partial charge on any atom is 0.0698 e. The molecule has 0 aliphatic heterocycles. The molecule has 0 bridgehead atoms. The Hall–Kier alpha value is -0.200. The average Bonchev–Trinajstić information content (AvgIpc) is 2.35. The fourth-order valence-corrected chi connectivity index (χ4v) is 1.36. The zero-order chi connectivity index (χ0) is 12.8. The molecule has 0 aliphatic rings. The number of nitrogens with zero attached hydrogens (tertiary/aromatic N) is 1. The van der Waals surface area contributed by atoms with E-state index < -0.39 is 0 Å². The number of hydrogen-bond acceptors (Lipinski definition) is 5. The maximum absolute atomic E-state index is 8.59. The number of hydrogen-bond donors (Lipinski definition) is 1. The van der Waals surface area contributed by atoms with Gasteiger partial charge in [-0.2, -0.15) is 0 Å². The molecular formula is C12H27NO4. The van der Waals surface area contributed by atoms with Crippen LogP contribution in [0.25, 0.3) is 0 Å². The number of aliphatic hydroxyl groups is 1. The Morgan fingerprint density at radius 1 is 0.882 bits per heavy atom. The first-order chi connectivity index (χ1) is 8.35. The average molecular weight is 249 g/mol. The molecule has 0 rings (SSSR count). The van der Waals surface area contributed by atoms with Gasteiger partial charge in [-0.3, -0.25) is 4.90 Å². The van der Waals surface area contributed by atoms with Crippen LogP contribution < -0.4 is 0 Å². The van der Waals surface area contributed by atoms with E-state index in [0.29, 0.717) is 19.8 Å². The number of aliphatic hydroxyl groups excluding tert-OH is 1. The van der Waals surface area contributed by atoms with E-state index in [1.54, 1.807) is 7.11 Å². The molecule has 0 heterocycles. The SMILES string of the molecule is CCCOCCN(CCOC)CCOCCO. The minimum absolute atomic E-state index is 0.0810. The van der Waals surface area contributed by atoms with Gasteiger partial charge < -0.3 is 19.3 Å². The molecular weight excluding hydrogens is 222 g/mol. The summed E-state index contributed by atoms with van der Waals surface area (Å²) in [6.45, 7) is 8.13. The summed E-state index contributed by atoms with van der Waals surface area (Å²) in [5, 5.41) is 8.59. The summed E-state index contributed by atoms with van der Waals surface area (Å²) in [5.41, 5.74) is 0. The van der Waals surface area contributed by atoms with Crippen molar-refractivity contribution in [1.82, 2.24) is 4.90 Å². The first kappa shape index (κ1) is 16.8. The predicted molar refractivity (Wildman–Crippen MR) is 67.3 cm³/mol. The van der Waals surface area contributed by atoms with Crippen molar-refractivity contribution in [2.45, 2.75) is 13.3 Å². The van der Waals surface area contributed by atoms with Gasteiger partial charge in [-0.05, 0) is 6.42 Å². The number of rotatable bonds is 13. The predicted octanol–water partition coefficient (Wildman–Crippen LogP) is 0.370. The van der Waals surface area contributed by atoms with Gasteiger partial charge in [0, 0.05) is 33.4 Å². The second-order valence-electron chi connectivity index (χ2n) is 3.78. The van der Waals surface area contributed by atoms with Gasteiger partial charge >= 0.3 is 0 Å². The molecule has 5 heteroatoms. The van der Waals surface area contributed by atoms with Crippen LogP contribution in [-0.2, 0) is 14.2 Å². The van der Waals surface area contributed by atoms with Crippen molar-refractivity contribution in [3.63, 3.8) is 0 Å². The highest BCUT2D eigenvalue weighted by atomic mass is 16.5. The summed E-state index contributed by atoms with van der Waals surface area (Å²) >= 11 is 0. The molecule has 0 aliphatic carbocycles. The van der Waals surface area contributed by atoms with Gasteiger partial charge in [-0.1, -0.05) is 6.92 Å². The van der Waals surface area contributed by atoms with Crippen LogP contribution in [0.3, 0.4) is 0 Å². The van der Waals surface area contributed by atoms with E-state index in [0.717, 1.165) is 39.3 Å². The summed E-state index contributed by atoms with van der Waals surface area (Å²) < 4.78 is 15.8. The third-order valence-corrected chi connectivity index (χ3v) is 2.30. The minimum Gasteiger partial charge on any atom is -0.394 e. The molecule has 0 aromatic rings. The fourth-order valence-electron chi connectivity index (χ4n) is 1.36. The lowest BCUT2D eigenvalue weighted by molar-refractivity contribution is 0.0502. The summed E-state index contributed by atoms with van der Waals surface area (Å²) in [6.07, 6.45) is 1.05. The molecule has 0 radical (unpaired) electrons. The van der Waals surface area contributed by atoms with E-state index in [1.165, 1.54) is 0 Å². The maximum atomic E-state index is 8.59. The van der Waals surface area contributed by atoms with Crippen molar-refractivity contribution < 1.29 is 19.3 Å². The molecule has 0 aromatic carbocycles. The Balaban J connectivity index is 3.56. The summed E-state index contributed by atoms with van der Waals surface area (Å²) in [7, 11) is 1.70. The smallest absolute Gasteiger partial charge is 0.0698 e. The van der Waals surface area contributed by atoms with Gasteiger partial charge in [0.1, 0.15) is 0 Å². The second-order valence-corrected chi connectivity index (χ2v) is 3.78. The van der Waals surface area contributed by atoms with Crippen LogP contribution >= 0.6 is 0 Å². The van der Waals surface area contributed by atoms with E-state index in [4.69, 9.17) is 19.3 Å². The van der Waals surface area contributed by atoms with E-state index in [9.17, 15) is 0 Å². The minimum atomic E-state index is 0.0810. The van der Waals surface area contributed by atoms with Gasteiger partial charge in [-0.15, -0.1) is 0 Å². The van der Waals surface area contributed by atoms with Crippen LogP contribution in [0.1, 0.15) is 13.3 Å². The monoisotopic (exact) mass is 249 g/mol. The molecule has 0 amide bonds. The molecule has 0 spiro atoms. The first-order valence-corrected chi connectivity index (χ1v) is 6.32. The summed E-state index contributed by atoms with van der Waals surface area (Å²) in [6, 6.07) is 0. The normalized spacial score (nSPS) is 11.3. The second kappa shape index (κ2) is 13.9. The van der Waals surface area contributed by atoms with Gasteiger partial charge in [0.05, 0.1) is 33.0 Å². The van der Waals surface area contributed by atoms with Crippen molar-refractivity contribution in [3.05, 3.63) is 0 Å². The quantitative estimate of drug-likeness (QED) is 0.478. The Labute approximate surface area is 105 Å². The van der Waals surface area contributed by atoms with Crippen molar-refractivity contribution in [3.8, 4) is 0 Å². The molecule has 1 N–H and O–H groups in total. The largest absolute Gasteiger partial charge is 0.394 e. The molecule has 17 heavy (non-hydrogen) atoms. The Kier molecular flexibility index (Phi) is 13.7. The highest BCUT2D eigenvalue weighted by Crippen LogP contribution is 1.91. The molecule has 104 valence electrons. The topological polar surface area (TPSA) is 51.2 Å². The van der Waals surface area contributed by atoms with Crippen molar-refractivity contribution in [2.24, 2.45) is 0 Å². The lowest BCUT2D eigenvalue weighted by Crippen LogP contribution is -2.34. The van der Waals surface area contributed by atoms with Crippen LogP contribution in [0.15, 0.2) is 0 Å². The van der Waals surface area contributed by atoms with E-state index in [2.05, 4.69) is 11.8 Å². The zero-order valence-corrected chi connectivity index (χ0v) is 11.2. The van der Waals surface area contributed by atoms with Crippen LogP contribution in [0, 0.1) is 0 Å². The Morgan fingerprint density at radius 2 is 1.47 bits per heavy atom. The van der Waals surface area contributed by atoms with Crippen molar-refractivity contribution in [1.29, 1.82) is 0 Å². The van der Waals surface area contributed by atoms with Gasteiger partial charge in [-0.25, -0.2) is 0 Å². The molecule has 0 fully saturated rings. The number of ether oxygens (including phenoxy) is 3. The molecule has 0 saturated carbocycles.